The highest BCUT2D eigenvalue weighted by molar-refractivity contribution is 5.95. The van der Waals surface area contributed by atoms with E-state index in [1.165, 1.54) is 11.1 Å². The van der Waals surface area contributed by atoms with Gasteiger partial charge in [-0.1, -0.05) is 24.3 Å². The molecular weight excluding hydrogens is 390 g/mol. The van der Waals surface area contributed by atoms with Gasteiger partial charge >= 0.3 is 0 Å². The third-order valence-electron chi connectivity index (χ3n) is 7.02. The molecule has 2 aliphatic rings. The quantitative estimate of drug-likeness (QED) is 0.774. The number of fused-ring (bicyclic) bond motifs is 2. The third-order valence-corrected chi connectivity index (χ3v) is 7.02. The van der Waals surface area contributed by atoms with Crippen LogP contribution in [0.1, 0.15) is 58.8 Å². The van der Waals surface area contributed by atoms with E-state index in [4.69, 9.17) is 4.42 Å². The summed E-state index contributed by atoms with van der Waals surface area (Å²) in [5.74, 6) is 1.11. The van der Waals surface area contributed by atoms with Gasteiger partial charge in [0.05, 0.1) is 11.8 Å². The molecule has 1 N–H and O–H groups in total. The Morgan fingerprint density at radius 3 is 2.61 bits per heavy atom. The molecule has 1 saturated heterocycles. The number of nitrogens with zero attached hydrogens (tertiary/aromatic N) is 2. The van der Waals surface area contributed by atoms with Crippen molar-refractivity contribution in [3.05, 3.63) is 59.0 Å². The maximum Gasteiger partial charge on any atom is 0.257 e. The highest BCUT2D eigenvalue weighted by atomic mass is 16.3. The summed E-state index contributed by atoms with van der Waals surface area (Å²) in [6.07, 6.45) is 4.97. The molecule has 2 heterocycles. The van der Waals surface area contributed by atoms with E-state index in [0.717, 1.165) is 38.9 Å². The second-order valence-corrected chi connectivity index (χ2v) is 9.31. The van der Waals surface area contributed by atoms with Crippen molar-refractivity contribution < 1.29 is 14.0 Å². The van der Waals surface area contributed by atoms with Gasteiger partial charge in [0.25, 0.3) is 5.91 Å². The highest BCUT2D eigenvalue weighted by Crippen LogP contribution is 2.52. The molecule has 0 saturated carbocycles. The molecule has 0 bridgehead atoms. The summed E-state index contributed by atoms with van der Waals surface area (Å²) < 4.78 is 5.32. The minimum Gasteiger partial charge on any atom is -0.469 e. The lowest BCUT2D eigenvalue weighted by Crippen LogP contribution is -2.44. The Hall–Kier alpha value is -2.60. The van der Waals surface area contributed by atoms with E-state index in [1.807, 2.05) is 25.9 Å². The standard InChI is InChI=1S/C25H33N3O3/c1-18-20(8-15-31-18)24(30)28-12-9-25(10-13-28)17-19(21-6-4-5-7-22(21)25)16-23(29)26-11-14-27(2)3/h4-8,15,19H,9-14,16-17H2,1-3H3,(H,26,29). The van der Waals surface area contributed by atoms with E-state index in [-0.39, 0.29) is 23.1 Å². The zero-order valence-electron chi connectivity index (χ0n) is 18.8. The smallest absolute Gasteiger partial charge is 0.257 e. The molecule has 2 amide bonds. The Kier molecular flexibility index (Phi) is 6.19. The molecule has 2 aromatic rings. The fraction of sp³-hybridized carbons (Fsp3) is 0.520. The van der Waals surface area contributed by atoms with Crippen molar-refractivity contribution in [2.24, 2.45) is 0 Å². The summed E-state index contributed by atoms with van der Waals surface area (Å²) in [7, 11) is 4.02. The van der Waals surface area contributed by atoms with Gasteiger partial charge in [-0.3, -0.25) is 9.59 Å². The Bertz CT molecular complexity index is 941. The van der Waals surface area contributed by atoms with Crippen molar-refractivity contribution in [3.8, 4) is 0 Å². The summed E-state index contributed by atoms with van der Waals surface area (Å²) in [6, 6.07) is 10.4. The van der Waals surface area contributed by atoms with Crippen LogP contribution in [0.3, 0.4) is 0 Å². The van der Waals surface area contributed by atoms with Crippen LogP contribution in [0.4, 0.5) is 0 Å². The molecule has 6 heteroatoms. The van der Waals surface area contributed by atoms with E-state index >= 15 is 0 Å². The van der Waals surface area contributed by atoms with Gasteiger partial charge < -0.3 is 19.5 Å². The van der Waals surface area contributed by atoms with E-state index in [2.05, 4.69) is 34.5 Å². The van der Waals surface area contributed by atoms with E-state index in [9.17, 15) is 9.59 Å². The van der Waals surface area contributed by atoms with Gasteiger partial charge in [0.2, 0.25) is 5.91 Å². The van der Waals surface area contributed by atoms with Crippen molar-refractivity contribution in [3.63, 3.8) is 0 Å². The number of hydrogen-bond donors (Lipinski definition) is 1. The van der Waals surface area contributed by atoms with Crippen LogP contribution in [0.5, 0.6) is 0 Å². The van der Waals surface area contributed by atoms with Crippen molar-refractivity contribution in [1.82, 2.24) is 15.1 Å². The Labute approximate surface area is 184 Å². The minimum atomic E-state index is 0.0594. The van der Waals surface area contributed by atoms with Gasteiger partial charge in [0.15, 0.2) is 0 Å². The van der Waals surface area contributed by atoms with Crippen LogP contribution >= 0.6 is 0 Å². The van der Waals surface area contributed by atoms with Crippen molar-refractivity contribution in [2.45, 2.75) is 43.9 Å². The average Bonchev–Trinajstić information content (AvgIpc) is 3.30. The van der Waals surface area contributed by atoms with Gasteiger partial charge in [0.1, 0.15) is 5.76 Å². The highest BCUT2D eigenvalue weighted by Gasteiger charge is 2.46. The van der Waals surface area contributed by atoms with Crippen LogP contribution in [0, 0.1) is 6.92 Å². The number of benzene rings is 1. The fourth-order valence-corrected chi connectivity index (χ4v) is 5.31. The zero-order chi connectivity index (χ0) is 22.0. The molecule has 1 spiro atoms. The first-order valence-corrected chi connectivity index (χ1v) is 11.2. The molecule has 166 valence electrons. The van der Waals surface area contributed by atoms with E-state index in [0.29, 0.717) is 24.3 Å². The van der Waals surface area contributed by atoms with Crippen LogP contribution in [-0.2, 0) is 10.2 Å². The third kappa shape index (κ3) is 4.40. The molecule has 4 rings (SSSR count). The van der Waals surface area contributed by atoms with Gasteiger partial charge in [0, 0.05) is 32.6 Å². The summed E-state index contributed by atoms with van der Waals surface area (Å²) >= 11 is 0. The van der Waals surface area contributed by atoms with Gasteiger partial charge in [-0.2, -0.15) is 0 Å². The maximum absolute atomic E-state index is 12.9. The molecule has 1 aliphatic heterocycles. The number of aryl methyl sites for hydroxylation is 1. The predicted molar refractivity (Wildman–Crippen MR) is 120 cm³/mol. The first-order valence-electron chi connectivity index (χ1n) is 11.2. The lowest BCUT2D eigenvalue weighted by atomic mass is 9.73. The largest absolute Gasteiger partial charge is 0.469 e. The molecule has 1 fully saturated rings. The number of hydrogen-bond acceptors (Lipinski definition) is 4. The van der Waals surface area contributed by atoms with Crippen LogP contribution in [0.15, 0.2) is 41.0 Å². The number of nitrogens with one attached hydrogen (secondary N) is 1. The SMILES string of the molecule is Cc1occc1C(=O)N1CCC2(CC1)CC(CC(=O)NCCN(C)C)c1ccccc12. The number of rotatable bonds is 6. The number of furan rings is 1. The summed E-state index contributed by atoms with van der Waals surface area (Å²) in [6.45, 7) is 4.83. The van der Waals surface area contributed by atoms with Crippen molar-refractivity contribution >= 4 is 11.8 Å². The van der Waals surface area contributed by atoms with Crippen LogP contribution in [-0.4, -0.2) is 61.9 Å². The number of carbonyl (C=O) groups is 2. The Balaban J connectivity index is 1.43. The Morgan fingerprint density at radius 2 is 1.94 bits per heavy atom. The number of amides is 2. The van der Waals surface area contributed by atoms with Gasteiger partial charge in [-0.15, -0.1) is 0 Å². The second-order valence-electron chi connectivity index (χ2n) is 9.31. The zero-order valence-corrected chi connectivity index (χ0v) is 18.8. The number of likely N-dealkylation sites (N-methyl/N-ethyl adjacent to an activating group) is 1. The maximum atomic E-state index is 12.9. The minimum absolute atomic E-state index is 0.0594. The molecule has 1 unspecified atom stereocenters. The van der Waals surface area contributed by atoms with Gasteiger partial charge in [-0.05, 0) is 68.8 Å². The van der Waals surface area contributed by atoms with Crippen LogP contribution < -0.4 is 5.32 Å². The molecule has 1 aromatic heterocycles. The first-order chi connectivity index (χ1) is 14.9. The average molecular weight is 424 g/mol. The second kappa shape index (κ2) is 8.87. The summed E-state index contributed by atoms with van der Waals surface area (Å²) in [4.78, 5) is 29.5. The van der Waals surface area contributed by atoms with Crippen molar-refractivity contribution in [2.75, 3.05) is 40.3 Å². The lowest BCUT2D eigenvalue weighted by molar-refractivity contribution is -0.121. The Morgan fingerprint density at radius 1 is 1.19 bits per heavy atom. The van der Waals surface area contributed by atoms with E-state index < -0.39 is 0 Å². The summed E-state index contributed by atoms with van der Waals surface area (Å²) in [5.41, 5.74) is 3.42. The van der Waals surface area contributed by atoms with Gasteiger partial charge in [-0.25, -0.2) is 0 Å². The molecule has 1 aliphatic carbocycles. The summed E-state index contributed by atoms with van der Waals surface area (Å²) in [5, 5.41) is 3.06. The molecule has 31 heavy (non-hydrogen) atoms. The topological polar surface area (TPSA) is 65.8 Å². The predicted octanol–water partition coefficient (Wildman–Crippen LogP) is 3.32. The lowest BCUT2D eigenvalue weighted by Gasteiger charge is -2.40. The number of piperidine rings is 1. The normalized spacial score (nSPS) is 19.6. The first kappa shape index (κ1) is 21.6. The van der Waals surface area contributed by atoms with Crippen LogP contribution in [0.25, 0.3) is 0 Å². The monoisotopic (exact) mass is 423 g/mol. The number of carbonyl (C=O) groups excluding carboxylic acids is 2. The van der Waals surface area contributed by atoms with E-state index in [1.54, 1.807) is 12.3 Å². The molecule has 0 radical (unpaired) electrons. The number of likely N-dealkylation sites (tertiary alicyclic amines) is 1. The molecule has 6 nitrogen and oxygen atoms in total. The van der Waals surface area contributed by atoms with Crippen LogP contribution in [0.2, 0.25) is 0 Å². The molecule has 1 atom stereocenters. The molecule has 1 aromatic carbocycles. The van der Waals surface area contributed by atoms with Crippen molar-refractivity contribution in [1.29, 1.82) is 0 Å². The molecular formula is C25H33N3O3. The fourth-order valence-electron chi connectivity index (χ4n) is 5.31.